The minimum absolute atomic E-state index is 0.299. The predicted molar refractivity (Wildman–Crippen MR) is 61.6 cm³/mol. The summed E-state index contributed by atoms with van der Waals surface area (Å²) in [5.41, 5.74) is 0. The molecule has 0 aliphatic carbocycles. The number of β-amino-alcohol motifs (C(OH)–C–C–N with tert-alkyl or cyclic N) is 1. The largest absolute Gasteiger partial charge is 0.395 e. The van der Waals surface area contributed by atoms with Crippen LogP contribution in [0.2, 0.25) is 0 Å². The molecule has 1 heterocycles. The number of aliphatic hydroxyl groups is 1. The highest BCUT2D eigenvalue weighted by Gasteiger charge is 2.14. The molecule has 1 N–H and O–H groups in total. The molecule has 0 bridgehead atoms. The molecule has 3 heteroatoms. The summed E-state index contributed by atoms with van der Waals surface area (Å²) in [6.07, 6.45) is 1.25. The molecular weight excluding hydrogens is 176 g/mol. The number of nitrogens with zero attached hydrogens (tertiary/aromatic N) is 2. The summed E-state index contributed by atoms with van der Waals surface area (Å²) in [6, 6.07) is 0. The highest BCUT2D eigenvalue weighted by atomic mass is 16.3. The van der Waals surface area contributed by atoms with Gasteiger partial charge < -0.3 is 10.0 Å². The Balaban J connectivity index is 0.000000791. The molecule has 0 radical (unpaired) electrons. The van der Waals surface area contributed by atoms with Crippen molar-refractivity contribution in [3.05, 3.63) is 0 Å². The van der Waals surface area contributed by atoms with E-state index in [1.807, 2.05) is 13.8 Å². The van der Waals surface area contributed by atoms with Gasteiger partial charge >= 0.3 is 0 Å². The van der Waals surface area contributed by atoms with Crippen LogP contribution in [0.25, 0.3) is 0 Å². The Bertz CT molecular complexity index is 97.9. The Labute approximate surface area is 88.7 Å². The Hall–Kier alpha value is -0.120. The van der Waals surface area contributed by atoms with Gasteiger partial charge in [-0.1, -0.05) is 20.8 Å². The van der Waals surface area contributed by atoms with E-state index in [-0.39, 0.29) is 0 Å². The molecule has 1 aliphatic heterocycles. The second-order valence-corrected chi connectivity index (χ2v) is 3.41. The fourth-order valence-electron chi connectivity index (χ4n) is 1.69. The van der Waals surface area contributed by atoms with Crippen molar-refractivity contribution in [3.63, 3.8) is 0 Å². The van der Waals surface area contributed by atoms with Gasteiger partial charge in [0.2, 0.25) is 0 Å². The van der Waals surface area contributed by atoms with E-state index >= 15 is 0 Å². The summed E-state index contributed by atoms with van der Waals surface area (Å²) in [7, 11) is 0. The molecule has 0 spiro atoms. The zero-order valence-corrected chi connectivity index (χ0v) is 10.00. The van der Waals surface area contributed by atoms with Crippen LogP contribution >= 0.6 is 0 Å². The molecule has 0 atom stereocenters. The van der Waals surface area contributed by atoms with Crippen LogP contribution in [-0.4, -0.2) is 60.8 Å². The lowest BCUT2D eigenvalue weighted by Gasteiger charge is -2.34. The van der Waals surface area contributed by atoms with Gasteiger partial charge in [-0.05, 0) is 13.0 Å². The van der Waals surface area contributed by atoms with E-state index in [4.69, 9.17) is 5.11 Å². The molecule has 14 heavy (non-hydrogen) atoms. The number of hydrogen-bond donors (Lipinski definition) is 1. The normalized spacial score (nSPS) is 18.9. The van der Waals surface area contributed by atoms with Crippen molar-refractivity contribution in [2.24, 2.45) is 0 Å². The Morgan fingerprint density at radius 2 is 1.36 bits per heavy atom. The molecule has 1 fully saturated rings. The lowest BCUT2D eigenvalue weighted by molar-refractivity contribution is 0.113. The van der Waals surface area contributed by atoms with Crippen LogP contribution in [0, 0.1) is 0 Å². The summed E-state index contributed by atoms with van der Waals surface area (Å²) < 4.78 is 0. The SMILES string of the molecule is CC.CCCN1CCN(CCO)CC1. The first-order valence-corrected chi connectivity index (χ1v) is 5.92. The molecular formula is C11H26N2O. The number of rotatable bonds is 4. The first kappa shape index (κ1) is 13.9. The molecule has 0 unspecified atom stereocenters. The van der Waals surface area contributed by atoms with Gasteiger partial charge in [-0.15, -0.1) is 0 Å². The summed E-state index contributed by atoms with van der Waals surface area (Å²) in [6.45, 7) is 13.2. The summed E-state index contributed by atoms with van der Waals surface area (Å²) in [4.78, 5) is 4.82. The van der Waals surface area contributed by atoms with Crippen molar-refractivity contribution in [2.45, 2.75) is 27.2 Å². The third kappa shape index (κ3) is 5.58. The van der Waals surface area contributed by atoms with Gasteiger partial charge in [-0.25, -0.2) is 0 Å². The number of piperazine rings is 1. The van der Waals surface area contributed by atoms with Gasteiger partial charge in [0.25, 0.3) is 0 Å². The Morgan fingerprint density at radius 1 is 0.929 bits per heavy atom. The van der Waals surface area contributed by atoms with E-state index in [9.17, 15) is 0 Å². The molecule has 0 aromatic heterocycles. The fraction of sp³-hybridized carbons (Fsp3) is 1.00. The third-order valence-electron chi connectivity index (χ3n) is 2.42. The standard InChI is InChI=1S/C9H20N2O.C2H6/c1-2-3-10-4-6-11(7-5-10)8-9-12;1-2/h12H,2-9H2,1H3;1-2H3. The van der Waals surface area contributed by atoms with Crippen LogP contribution in [0.4, 0.5) is 0 Å². The molecule has 0 saturated carbocycles. The molecule has 1 rings (SSSR count). The highest BCUT2D eigenvalue weighted by Crippen LogP contribution is 2.01. The maximum absolute atomic E-state index is 8.73. The van der Waals surface area contributed by atoms with Gasteiger partial charge in [-0.2, -0.15) is 0 Å². The maximum atomic E-state index is 8.73. The number of hydrogen-bond acceptors (Lipinski definition) is 3. The van der Waals surface area contributed by atoms with Crippen molar-refractivity contribution in [1.29, 1.82) is 0 Å². The molecule has 0 aromatic rings. The molecule has 0 aromatic carbocycles. The van der Waals surface area contributed by atoms with Crippen molar-refractivity contribution < 1.29 is 5.11 Å². The monoisotopic (exact) mass is 202 g/mol. The zero-order chi connectivity index (χ0) is 10.8. The van der Waals surface area contributed by atoms with E-state index in [2.05, 4.69) is 16.7 Å². The van der Waals surface area contributed by atoms with Crippen molar-refractivity contribution in [2.75, 3.05) is 45.9 Å². The zero-order valence-electron chi connectivity index (χ0n) is 10.00. The van der Waals surface area contributed by atoms with E-state index in [1.165, 1.54) is 26.1 Å². The van der Waals surface area contributed by atoms with Crippen LogP contribution in [0.3, 0.4) is 0 Å². The first-order valence-electron chi connectivity index (χ1n) is 5.92. The second-order valence-electron chi connectivity index (χ2n) is 3.41. The van der Waals surface area contributed by atoms with Gasteiger partial charge in [-0.3, -0.25) is 4.90 Å². The van der Waals surface area contributed by atoms with E-state index in [1.54, 1.807) is 0 Å². The van der Waals surface area contributed by atoms with Crippen LogP contribution < -0.4 is 0 Å². The topological polar surface area (TPSA) is 26.7 Å². The fourth-order valence-corrected chi connectivity index (χ4v) is 1.69. The van der Waals surface area contributed by atoms with E-state index in [0.29, 0.717) is 6.61 Å². The quantitative estimate of drug-likeness (QED) is 0.738. The van der Waals surface area contributed by atoms with Crippen LogP contribution in [0.15, 0.2) is 0 Å². The third-order valence-corrected chi connectivity index (χ3v) is 2.42. The molecule has 86 valence electrons. The second kappa shape index (κ2) is 9.44. The van der Waals surface area contributed by atoms with Gasteiger partial charge in [0.05, 0.1) is 6.61 Å². The molecule has 0 amide bonds. The summed E-state index contributed by atoms with van der Waals surface area (Å²) in [5, 5.41) is 8.73. The van der Waals surface area contributed by atoms with Crippen molar-refractivity contribution in [1.82, 2.24) is 9.80 Å². The van der Waals surface area contributed by atoms with Crippen molar-refractivity contribution in [3.8, 4) is 0 Å². The Morgan fingerprint density at radius 3 is 1.71 bits per heavy atom. The number of aliphatic hydroxyl groups excluding tert-OH is 1. The molecule has 1 saturated heterocycles. The Kier molecular flexibility index (Phi) is 9.35. The maximum Gasteiger partial charge on any atom is 0.0558 e. The van der Waals surface area contributed by atoms with Gasteiger partial charge in [0, 0.05) is 32.7 Å². The smallest absolute Gasteiger partial charge is 0.0558 e. The molecule has 3 nitrogen and oxygen atoms in total. The average Bonchev–Trinajstić information content (AvgIpc) is 2.25. The minimum Gasteiger partial charge on any atom is -0.395 e. The minimum atomic E-state index is 0.299. The van der Waals surface area contributed by atoms with E-state index < -0.39 is 0 Å². The summed E-state index contributed by atoms with van der Waals surface area (Å²) in [5.74, 6) is 0. The average molecular weight is 202 g/mol. The van der Waals surface area contributed by atoms with Gasteiger partial charge in [0.15, 0.2) is 0 Å². The van der Waals surface area contributed by atoms with Gasteiger partial charge in [0.1, 0.15) is 0 Å². The van der Waals surface area contributed by atoms with Crippen LogP contribution in [0.5, 0.6) is 0 Å². The molecule has 1 aliphatic rings. The van der Waals surface area contributed by atoms with Crippen molar-refractivity contribution >= 4 is 0 Å². The van der Waals surface area contributed by atoms with E-state index in [0.717, 1.165) is 19.6 Å². The highest BCUT2D eigenvalue weighted by molar-refractivity contribution is 4.70. The lowest BCUT2D eigenvalue weighted by atomic mass is 10.3. The summed E-state index contributed by atoms with van der Waals surface area (Å²) >= 11 is 0. The predicted octanol–water partition coefficient (Wildman–Crippen LogP) is 1.03. The lowest BCUT2D eigenvalue weighted by Crippen LogP contribution is -2.47. The van der Waals surface area contributed by atoms with Crippen LogP contribution in [-0.2, 0) is 0 Å². The van der Waals surface area contributed by atoms with Crippen LogP contribution in [0.1, 0.15) is 27.2 Å². The first-order chi connectivity index (χ1) is 6.86.